The van der Waals surface area contributed by atoms with Gasteiger partial charge in [-0.25, -0.2) is 0 Å². The van der Waals surface area contributed by atoms with Crippen LogP contribution in [-0.2, 0) is 14.4 Å². The van der Waals surface area contributed by atoms with E-state index < -0.39 is 6.04 Å². The van der Waals surface area contributed by atoms with E-state index in [1.165, 1.54) is 0 Å². The first-order valence-electron chi connectivity index (χ1n) is 10.0. The molecule has 0 unspecified atom stereocenters. The number of amides is 3. The summed E-state index contributed by atoms with van der Waals surface area (Å²) >= 11 is 0. The molecular weight excluding hydrogens is 380 g/mol. The smallest absolute Gasteiger partial charge is 0.241 e. The molecule has 0 spiro atoms. The highest BCUT2D eigenvalue weighted by Gasteiger charge is 2.31. The van der Waals surface area contributed by atoms with Crippen molar-refractivity contribution in [2.24, 2.45) is 0 Å². The average molecular weight is 409 g/mol. The van der Waals surface area contributed by atoms with E-state index in [4.69, 9.17) is 0 Å². The first-order valence-corrected chi connectivity index (χ1v) is 10.0. The van der Waals surface area contributed by atoms with Crippen LogP contribution in [-0.4, -0.2) is 48.3 Å². The minimum Gasteiger partial charge on any atom is -0.325 e. The molecule has 2 N–H and O–H groups in total. The summed E-state index contributed by atoms with van der Waals surface area (Å²) < 4.78 is 0. The predicted molar refractivity (Wildman–Crippen MR) is 119 cm³/mol. The lowest BCUT2D eigenvalue weighted by atomic mass is 10.1. The lowest BCUT2D eigenvalue weighted by Gasteiger charge is -2.31. The van der Waals surface area contributed by atoms with Gasteiger partial charge in [0.05, 0.1) is 24.0 Å². The quantitative estimate of drug-likeness (QED) is 0.797. The number of carbonyl (C=O) groups is 3. The van der Waals surface area contributed by atoms with Crippen LogP contribution in [0, 0.1) is 6.92 Å². The maximum absolute atomic E-state index is 13.2. The zero-order valence-corrected chi connectivity index (χ0v) is 17.8. The summed E-state index contributed by atoms with van der Waals surface area (Å²) in [4.78, 5) is 41.3. The van der Waals surface area contributed by atoms with Gasteiger partial charge < -0.3 is 15.5 Å². The maximum atomic E-state index is 13.2. The second-order valence-electron chi connectivity index (χ2n) is 7.83. The van der Waals surface area contributed by atoms with Crippen molar-refractivity contribution in [3.05, 3.63) is 54.1 Å². The van der Waals surface area contributed by atoms with Crippen molar-refractivity contribution in [2.45, 2.75) is 39.3 Å². The standard InChI is InChI=1S/C23H28N4O3/c1-15-8-7-9-18(12-15)24-23(30)17(3)26(4)14-22(29)27-16(2)13-21(28)25-19-10-5-6-11-20(19)27/h5-12,16-17H,13-14H2,1-4H3,(H,24,30)(H,25,28)/t16-,17+/m1/s1. The summed E-state index contributed by atoms with van der Waals surface area (Å²) in [5.41, 5.74) is 3.08. The molecule has 0 radical (unpaired) electrons. The van der Waals surface area contributed by atoms with Crippen molar-refractivity contribution in [3.8, 4) is 0 Å². The van der Waals surface area contributed by atoms with Gasteiger partial charge in [0.2, 0.25) is 17.7 Å². The van der Waals surface area contributed by atoms with Gasteiger partial charge in [-0.3, -0.25) is 19.3 Å². The molecule has 3 amide bonds. The van der Waals surface area contributed by atoms with Crippen LogP contribution >= 0.6 is 0 Å². The Morgan fingerprint density at radius 1 is 1.23 bits per heavy atom. The number of anilines is 3. The third-order valence-corrected chi connectivity index (χ3v) is 5.34. The van der Waals surface area contributed by atoms with E-state index in [1.54, 1.807) is 29.8 Å². The van der Waals surface area contributed by atoms with Crippen molar-refractivity contribution in [1.82, 2.24) is 4.90 Å². The van der Waals surface area contributed by atoms with Gasteiger partial charge in [0.15, 0.2) is 0 Å². The number of hydrogen-bond donors (Lipinski definition) is 2. The Hall–Kier alpha value is -3.19. The van der Waals surface area contributed by atoms with Crippen LogP contribution in [0.25, 0.3) is 0 Å². The summed E-state index contributed by atoms with van der Waals surface area (Å²) in [6.07, 6.45) is 0.216. The Morgan fingerprint density at radius 2 is 1.97 bits per heavy atom. The molecule has 1 aliphatic heterocycles. The van der Waals surface area contributed by atoms with E-state index in [1.807, 2.05) is 56.3 Å². The molecular formula is C23H28N4O3. The number of hydrogen-bond acceptors (Lipinski definition) is 4. The van der Waals surface area contributed by atoms with Crippen molar-refractivity contribution in [3.63, 3.8) is 0 Å². The second-order valence-corrected chi connectivity index (χ2v) is 7.83. The number of nitrogens with zero attached hydrogens (tertiary/aromatic N) is 2. The first-order chi connectivity index (χ1) is 14.3. The third kappa shape index (κ3) is 4.86. The van der Waals surface area contributed by atoms with Crippen LogP contribution in [0.15, 0.2) is 48.5 Å². The highest BCUT2D eigenvalue weighted by Crippen LogP contribution is 2.31. The lowest BCUT2D eigenvalue weighted by molar-refractivity contribution is -0.123. The fraction of sp³-hybridized carbons (Fsp3) is 0.348. The van der Waals surface area contributed by atoms with Crippen LogP contribution in [0.5, 0.6) is 0 Å². The fourth-order valence-corrected chi connectivity index (χ4v) is 3.56. The number of fused-ring (bicyclic) bond motifs is 1. The molecule has 30 heavy (non-hydrogen) atoms. The van der Waals surface area contributed by atoms with Crippen molar-refractivity contribution < 1.29 is 14.4 Å². The Balaban J connectivity index is 1.71. The SMILES string of the molecule is Cc1cccc(NC(=O)[C@H](C)N(C)CC(=O)N2c3ccccc3NC(=O)C[C@H]2C)c1. The number of carbonyl (C=O) groups excluding carboxylic acids is 3. The van der Waals surface area contributed by atoms with Gasteiger partial charge in [-0.1, -0.05) is 24.3 Å². The predicted octanol–water partition coefficient (Wildman–Crippen LogP) is 3.02. The zero-order valence-electron chi connectivity index (χ0n) is 17.8. The molecule has 0 fully saturated rings. The minimum absolute atomic E-state index is 0.0509. The topological polar surface area (TPSA) is 81.8 Å². The fourth-order valence-electron chi connectivity index (χ4n) is 3.56. The molecule has 0 aliphatic carbocycles. The molecule has 0 aromatic heterocycles. The van der Waals surface area contributed by atoms with Gasteiger partial charge in [0, 0.05) is 18.2 Å². The van der Waals surface area contributed by atoms with Gasteiger partial charge in [0.1, 0.15) is 0 Å². The Morgan fingerprint density at radius 3 is 2.70 bits per heavy atom. The van der Waals surface area contributed by atoms with Gasteiger partial charge in [-0.05, 0) is 57.6 Å². The molecule has 7 heteroatoms. The molecule has 2 atom stereocenters. The summed E-state index contributed by atoms with van der Waals surface area (Å²) in [7, 11) is 1.75. The van der Waals surface area contributed by atoms with Crippen LogP contribution in [0.3, 0.4) is 0 Å². The number of nitrogens with one attached hydrogen (secondary N) is 2. The van der Waals surface area contributed by atoms with Gasteiger partial charge in [-0.15, -0.1) is 0 Å². The van der Waals surface area contributed by atoms with Crippen LogP contribution in [0.4, 0.5) is 17.1 Å². The van der Waals surface area contributed by atoms with Crippen LogP contribution in [0.1, 0.15) is 25.8 Å². The molecule has 0 saturated heterocycles. The van der Waals surface area contributed by atoms with E-state index in [0.29, 0.717) is 11.4 Å². The van der Waals surface area contributed by atoms with E-state index in [-0.39, 0.29) is 36.7 Å². The summed E-state index contributed by atoms with van der Waals surface area (Å²) in [5.74, 6) is -0.467. The normalized spacial score (nSPS) is 17.0. The Labute approximate surface area is 177 Å². The van der Waals surface area contributed by atoms with Crippen LogP contribution < -0.4 is 15.5 Å². The van der Waals surface area contributed by atoms with E-state index in [2.05, 4.69) is 10.6 Å². The first kappa shape index (κ1) is 21.5. The van der Waals surface area contributed by atoms with Crippen molar-refractivity contribution in [2.75, 3.05) is 29.1 Å². The average Bonchev–Trinajstić information content (AvgIpc) is 2.81. The number of aryl methyl sites for hydroxylation is 1. The molecule has 3 rings (SSSR count). The molecule has 0 saturated carbocycles. The molecule has 158 valence electrons. The van der Waals surface area contributed by atoms with E-state index in [9.17, 15) is 14.4 Å². The number of rotatable bonds is 5. The monoisotopic (exact) mass is 408 g/mol. The molecule has 1 heterocycles. The maximum Gasteiger partial charge on any atom is 0.241 e. The number of benzene rings is 2. The summed E-state index contributed by atoms with van der Waals surface area (Å²) in [5, 5.41) is 5.75. The summed E-state index contributed by atoms with van der Waals surface area (Å²) in [6, 6.07) is 14.1. The highest BCUT2D eigenvalue weighted by atomic mass is 16.2. The Kier molecular flexibility index (Phi) is 6.52. The van der Waals surface area contributed by atoms with Crippen molar-refractivity contribution in [1.29, 1.82) is 0 Å². The number of likely N-dealkylation sites (N-methyl/N-ethyl adjacent to an activating group) is 1. The second kappa shape index (κ2) is 9.09. The Bertz CT molecular complexity index is 959. The molecule has 2 aromatic carbocycles. The molecule has 1 aliphatic rings. The van der Waals surface area contributed by atoms with E-state index >= 15 is 0 Å². The van der Waals surface area contributed by atoms with E-state index in [0.717, 1.165) is 11.3 Å². The zero-order chi connectivity index (χ0) is 21.8. The van der Waals surface area contributed by atoms with Crippen molar-refractivity contribution >= 4 is 34.8 Å². The molecule has 0 bridgehead atoms. The third-order valence-electron chi connectivity index (χ3n) is 5.34. The lowest BCUT2D eigenvalue weighted by Crippen LogP contribution is -2.48. The summed E-state index contributed by atoms with van der Waals surface area (Å²) in [6.45, 7) is 5.63. The largest absolute Gasteiger partial charge is 0.325 e. The highest BCUT2D eigenvalue weighted by molar-refractivity contribution is 6.05. The van der Waals surface area contributed by atoms with Crippen LogP contribution in [0.2, 0.25) is 0 Å². The minimum atomic E-state index is -0.508. The molecule has 7 nitrogen and oxygen atoms in total. The van der Waals surface area contributed by atoms with Gasteiger partial charge in [-0.2, -0.15) is 0 Å². The molecule has 2 aromatic rings. The number of para-hydroxylation sites is 2. The van der Waals surface area contributed by atoms with Gasteiger partial charge >= 0.3 is 0 Å². The van der Waals surface area contributed by atoms with Gasteiger partial charge in [0.25, 0.3) is 0 Å².